The number of aryl methyl sites for hydroxylation is 1. The Labute approximate surface area is 114 Å². The second kappa shape index (κ2) is 5.29. The summed E-state index contributed by atoms with van der Waals surface area (Å²) in [4.78, 5) is 12.8. The summed E-state index contributed by atoms with van der Waals surface area (Å²) >= 11 is 13.7. The number of hydrogen-bond acceptors (Lipinski definition) is 4. The van der Waals surface area contributed by atoms with Crippen LogP contribution < -0.4 is 0 Å². The molecule has 0 aliphatic carbocycles. The van der Waals surface area contributed by atoms with Crippen LogP contribution >= 0.6 is 34.5 Å². The molecule has 0 amide bonds. The summed E-state index contributed by atoms with van der Waals surface area (Å²) in [6.45, 7) is 3.94. The molecule has 2 aromatic rings. The average molecular weight is 288 g/mol. The highest BCUT2D eigenvalue weighted by Crippen LogP contribution is 2.22. The van der Waals surface area contributed by atoms with E-state index in [-0.39, 0.29) is 0 Å². The first-order valence-corrected chi connectivity index (χ1v) is 6.85. The van der Waals surface area contributed by atoms with E-state index in [0.717, 1.165) is 22.7 Å². The molecule has 0 saturated carbocycles. The molecule has 2 aromatic heterocycles. The maximum absolute atomic E-state index is 6.05. The highest BCUT2D eigenvalue weighted by molar-refractivity contribution is 7.09. The summed E-state index contributed by atoms with van der Waals surface area (Å²) in [6.07, 6.45) is 1.29. The minimum atomic E-state index is 0.439. The van der Waals surface area contributed by atoms with Gasteiger partial charge in [-0.05, 0) is 13.3 Å². The minimum Gasteiger partial charge on any atom is -0.246 e. The van der Waals surface area contributed by atoms with Gasteiger partial charge in [-0.25, -0.2) is 15.0 Å². The zero-order chi connectivity index (χ0) is 12.4. The molecule has 3 nitrogen and oxygen atoms in total. The maximum Gasteiger partial charge on any atom is 0.137 e. The molecule has 90 valence electrons. The molecule has 2 rings (SSSR count). The van der Waals surface area contributed by atoms with Crippen LogP contribution in [0.1, 0.15) is 29.0 Å². The highest BCUT2D eigenvalue weighted by atomic mass is 35.5. The fourth-order valence-electron chi connectivity index (χ4n) is 1.49. The Bertz CT molecular complexity index is 516. The van der Waals surface area contributed by atoms with Crippen LogP contribution in [0.15, 0.2) is 5.38 Å². The maximum atomic E-state index is 6.05. The molecule has 0 N–H and O–H groups in total. The zero-order valence-electron chi connectivity index (χ0n) is 9.50. The lowest BCUT2D eigenvalue weighted by molar-refractivity contribution is 0.917. The van der Waals surface area contributed by atoms with Crippen LogP contribution in [-0.2, 0) is 12.8 Å². The minimum absolute atomic E-state index is 0.439. The van der Waals surface area contributed by atoms with Gasteiger partial charge >= 0.3 is 0 Å². The summed E-state index contributed by atoms with van der Waals surface area (Å²) in [5.74, 6) is 0.613. The molecule has 0 saturated heterocycles. The van der Waals surface area contributed by atoms with Gasteiger partial charge in [-0.3, -0.25) is 0 Å². The average Bonchev–Trinajstić information content (AvgIpc) is 2.63. The monoisotopic (exact) mass is 287 g/mol. The molecular weight excluding hydrogens is 277 g/mol. The lowest BCUT2D eigenvalue weighted by Gasteiger charge is -2.05. The van der Waals surface area contributed by atoms with Gasteiger partial charge in [-0.15, -0.1) is 11.3 Å². The molecule has 6 heteroatoms. The number of hydrogen-bond donors (Lipinski definition) is 0. The normalized spacial score (nSPS) is 10.8. The largest absolute Gasteiger partial charge is 0.246 e. The van der Waals surface area contributed by atoms with Crippen molar-refractivity contribution in [2.24, 2.45) is 0 Å². The fourth-order valence-corrected chi connectivity index (χ4v) is 2.80. The van der Waals surface area contributed by atoms with Crippen molar-refractivity contribution in [2.45, 2.75) is 26.7 Å². The van der Waals surface area contributed by atoms with Crippen molar-refractivity contribution in [3.05, 3.63) is 37.8 Å². The third-order valence-electron chi connectivity index (χ3n) is 2.31. The Morgan fingerprint density at radius 3 is 2.29 bits per heavy atom. The Morgan fingerprint density at radius 2 is 1.82 bits per heavy atom. The predicted octanol–water partition coefficient (Wildman–Crippen LogP) is 3.70. The number of nitrogens with zero attached hydrogens (tertiary/aromatic N) is 3. The van der Waals surface area contributed by atoms with Crippen molar-refractivity contribution in [1.29, 1.82) is 0 Å². The summed E-state index contributed by atoms with van der Waals surface area (Å²) < 4.78 is 0. The van der Waals surface area contributed by atoms with Gasteiger partial charge in [0.1, 0.15) is 16.1 Å². The SMILES string of the molecule is CCc1c(Cl)nc(Cc2csc(C)n2)nc1Cl. The van der Waals surface area contributed by atoms with Crippen molar-refractivity contribution in [3.8, 4) is 0 Å². The Morgan fingerprint density at radius 1 is 1.18 bits per heavy atom. The van der Waals surface area contributed by atoms with Crippen LogP contribution in [-0.4, -0.2) is 15.0 Å². The first-order chi connectivity index (χ1) is 8.10. The van der Waals surface area contributed by atoms with E-state index in [1.807, 2.05) is 19.2 Å². The summed E-state index contributed by atoms with van der Waals surface area (Å²) in [6, 6.07) is 0. The molecule has 0 aromatic carbocycles. The third kappa shape index (κ3) is 2.94. The van der Waals surface area contributed by atoms with Crippen LogP contribution in [0.25, 0.3) is 0 Å². The molecule has 0 spiro atoms. The van der Waals surface area contributed by atoms with Crippen LogP contribution in [0.2, 0.25) is 10.3 Å². The highest BCUT2D eigenvalue weighted by Gasteiger charge is 2.11. The molecule has 0 atom stereocenters. The van der Waals surface area contributed by atoms with Crippen molar-refractivity contribution >= 4 is 34.5 Å². The van der Waals surface area contributed by atoms with Crippen LogP contribution in [0.3, 0.4) is 0 Å². The van der Waals surface area contributed by atoms with Gasteiger partial charge in [0.2, 0.25) is 0 Å². The molecule has 0 aliphatic heterocycles. The quantitative estimate of drug-likeness (QED) is 0.808. The summed E-state index contributed by atoms with van der Waals surface area (Å²) in [5.41, 5.74) is 1.75. The van der Waals surface area contributed by atoms with E-state index in [4.69, 9.17) is 23.2 Å². The van der Waals surface area contributed by atoms with E-state index in [2.05, 4.69) is 15.0 Å². The third-order valence-corrected chi connectivity index (χ3v) is 3.76. The van der Waals surface area contributed by atoms with Crippen molar-refractivity contribution in [3.63, 3.8) is 0 Å². The lowest BCUT2D eigenvalue weighted by Crippen LogP contribution is -2.01. The molecule has 0 bridgehead atoms. The van der Waals surface area contributed by atoms with E-state index >= 15 is 0 Å². The Balaban J connectivity index is 2.28. The van der Waals surface area contributed by atoms with Gasteiger partial charge in [-0.1, -0.05) is 30.1 Å². The molecule has 17 heavy (non-hydrogen) atoms. The first kappa shape index (κ1) is 12.7. The lowest BCUT2D eigenvalue weighted by atomic mass is 10.2. The van der Waals surface area contributed by atoms with E-state index in [1.54, 1.807) is 11.3 Å². The number of aromatic nitrogens is 3. The Hall–Kier alpha value is -0.710. The molecule has 2 heterocycles. The number of thiazole rings is 1. The van der Waals surface area contributed by atoms with Crippen molar-refractivity contribution in [2.75, 3.05) is 0 Å². The molecule has 0 aliphatic rings. The fraction of sp³-hybridized carbons (Fsp3) is 0.364. The smallest absolute Gasteiger partial charge is 0.137 e. The first-order valence-electron chi connectivity index (χ1n) is 5.22. The van der Waals surface area contributed by atoms with Gasteiger partial charge in [0.15, 0.2) is 0 Å². The Kier molecular flexibility index (Phi) is 3.97. The van der Waals surface area contributed by atoms with Gasteiger partial charge in [0.05, 0.1) is 17.1 Å². The van der Waals surface area contributed by atoms with Gasteiger partial charge in [0.25, 0.3) is 0 Å². The van der Waals surface area contributed by atoms with E-state index in [0.29, 0.717) is 22.6 Å². The standard InChI is InChI=1S/C11H11Cl2N3S/c1-3-8-10(12)15-9(16-11(8)13)4-7-5-17-6(2)14-7/h5H,3-4H2,1-2H3. The van der Waals surface area contributed by atoms with Crippen LogP contribution in [0.5, 0.6) is 0 Å². The van der Waals surface area contributed by atoms with Crippen molar-refractivity contribution < 1.29 is 0 Å². The van der Waals surface area contributed by atoms with Crippen LogP contribution in [0, 0.1) is 6.92 Å². The molecule has 0 unspecified atom stereocenters. The zero-order valence-corrected chi connectivity index (χ0v) is 11.8. The van der Waals surface area contributed by atoms with E-state index < -0.39 is 0 Å². The van der Waals surface area contributed by atoms with Crippen molar-refractivity contribution in [1.82, 2.24) is 15.0 Å². The van der Waals surface area contributed by atoms with Gasteiger partial charge in [-0.2, -0.15) is 0 Å². The predicted molar refractivity (Wildman–Crippen MR) is 71.1 cm³/mol. The summed E-state index contributed by atoms with van der Waals surface area (Å²) in [7, 11) is 0. The summed E-state index contributed by atoms with van der Waals surface area (Å²) in [5, 5.41) is 3.90. The molecular formula is C11H11Cl2N3S. The molecule has 0 radical (unpaired) electrons. The van der Waals surface area contributed by atoms with Gasteiger partial charge < -0.3 is 0 Å². The second-order valence-corrected chi connectivity index (χ2v) is 5.37. The second-order valence-electron chi connectivity index (χ2n) is 3.59. The topological polar surface area (TPSA) is 38.7 Å². The van der Waals surface area contributed by atoms with E-state index in [9.17, 15) is 0 Å². The number of halogens is 2. The molecule has 0 fully saturated rings. The van der Waals surface area contributed by atoms with E-state index in [1.165, 1.54) is 0 Å². The number of rotatable bonds is 3. The van der Waals surface area contributed by atoms with Crippen LogP contribution in [0.4, 0.5) is 0 Å². The van der Waals surface area contributed by atoms with Gasteiger partial charge in [0, 0.05) is 10.9 Å².